The molecule has 0 radical (unpaired) electrons. The van der Waals surface area contributed by atoms with Gasteiger partial charge in [0.05, 0.1) is 12.5 Å². The van der Waals surface area contributed by atoms with Crippen molar-refractivity contribution in [2.45, 2.75) is 32.7 Å². The lowest BCUT2D eigenvalue weighted by atomic mass is 10.3. The highest BCUT2D eigenvalue weighted by Gasteiger charge is 2.15. The van der Waals surface area contributed by atoms with Crippen molar-refractivity contribution in [2.24, 2.45) is 0 Å². The van der Waals surface area contributed by atoms with E-state index in [-0.39, 0.29) is 12.3 Å². The molecule has 0 saturated carbocycles. The van der Waals surface area contributed by atoms with Crippen LogP contribution in [0, 0.1) is 0 Å². The zero-order valence-electron chi connectivity index (χ0n) is 7.83. The first-order valence-electron chi connectivity index (χ1n) is 4.15. The first-order valence-corrected chi connectivity index (χ1v) is 4.68. The van der Waals surface area contributed by atoms with Gasteiger partial charge in [-0.3, -0.25) is 4.79 Å². The summed E-state index contributed by atoms with van der Waals surface area (Å²) in [4.78, 5) is 10.3. The Hall–Kier alpha value is -0.320. The molecular formula is C8H15ClO4. The van der Waals surface area contributed by atoms with Crippen LogP contribution in [0.4, 0.5) is 0 Å². The molecule has 0 fully saturated rings. The van der Waals surface area contributed by atoms with Gasteiger partial charge in [-0.05, 0) is 13.8 Å². The van der Waals surface area contributed by atoms with Gasteiger partial charge in [0, 0.05) is 12.5 Å². The molecule has 0 aliphatic carbocycles. The molecule has 2 atom stereocenters. The van der Waals surface area contributed by atoms with Crippen LogP contribution >= 0.6 is 11.6 Å². The molecule has 0 bridgehead atoms. The second kappa shape index (κ2) is 7.12. The van der Waals surface area contributed by atoms with E-state index >= 15 is 0 Å². The number of halogens is 1. The minimum absolute atomic E-state index is 0.0963. The van der Waals surface area contributed by atoms with Gasteiger partial charge < -0.3 is 14.6 Å². The van der Waals surface area contributed by atoms with Gasteiger partial charge in [-0.2, -0.15) is 0 Å². The van der Waals surface area contributed by atoms with Crippen LogP contribution in [0.1, 0.15) is 20.3 Å². The lowest BCUT2D eigenvalue weighted by molar-refractivity contribution is -0.162. The Bertz CT molecular complexity index is 151. The minimum Gasteiger partial charge on any atom is -0.481 e. The van der Waals surface area contributed by atoms with Gasteiger partial charge in [-0.15, -0.1) is 11.6 Å². The Kier molecular flexibility index (Phi) is 6.94. The minimum atomic E-state index is -0.922. The molecular weight excluding hydrogens is 196 g/mol. The molecule has 0 aromatic carbocycles. The second-order valence-corrected chi connectivity index (χ2v) is 2.84. The van der Waals surface area contributed by atoms with Gasteiger partial charge in [-0.25, -0.2) is 0 Å². The Labute approximate surface area is 82.8 Å². The van der Waals surface area contributed by atoms with Crippen molar-refractivity contribution in [1.29, 1.82) is 0 Å². The van der Waals surface area contributed by atoms with E-state index in [4.69, 9.17) is 26.2 Å². The van der Waals surface area contributed by atoms with E-state index in [9.17, 15) is 4.79 Å². The summed E-state index contributed by atoms with van der Waals surface area (Å²) < 4.78 is 10.3. The molecule has 5 heteroatoms. The highest BCUT2D eigenvalue weighted by molar-refractivity contribution is 6.18. The number of carbonyl (C=O) groups is 1. The lowest BCUT2D eigenvalue weighted by Crippen LogP contribution is -2.26. The summed E-state index contributed by atoms with van der Waals surface area (Å²) in [7, 11) is 0. The third-order valence-corrected chi connectivity index (χ3v) is 1.70. The number of carboxylic acid groups (broad SMARTS) is 1. The number of aliphatic carboxylic acids is 1. The van der Waals surface area contributed by atoms with E-state index in [1.807, 2.05) is 6.92 Å². The SMILES string of the molecule is CCOC(C)O[C@H](CCl)CC(=O)O. The lowest BCUT2D eigenvalue weighted by Gasteiger charge is -2.18. The zero-order chi connectivity index (χ0) is 10.3. The van der Waals surface area contributed by atoms with E-state index < -0.39 is 18.4 Å². The second-order valence-electron chi connectivity index (χ2n) is 2.53. The Morgan fingerprint density at radius 3 is 2.62 bits per heavy atom. The van der Waals surface area contributed by atoms with Crippen LogP contribution in [0.3, 0.4) is 0 Å². The highest BCUT2D eigenvalue weighted by atomic mass is 35.5. The van der Waals surface area contributed by atoms with Crippen molar-refractivity contribution in [2.75, 3.05) is 12.5 Å². The first-order chi connectivity index (χ1) is 6.10. The van der Waals surface area contributed by atoms with Gasteiger partial charge >= 0.3 is 5.97 Å². The maximum atomic E-state index is 10.3. The van der Waals surface area contributed by atoms with Crippen molar-refractivity contribution in [3.05, 3.63) is 0 Å². The maximum Gasteiger partial charge on any atom is 0.306 e. The molecule has 0 spiro atoms. The van der Waals surface area contributed by atoms with Crippen LogP contribution in [0.2, 0.25) is 0 Å². The summed E-state index contributed by atoms with van der Waals surface area (Å²) in [6.45, 7) is 4.08. The van der Waals surface area contributed by atoms with Crippen LogP contribution in [0.25, 0.3) is 0 Å². The fraction of sp³-hybridized carbons (Fsp3) is 0.875. The average molecular weight is 211 g/mol. The van der Waals surface area contributed by atoms with Crippen molar-refractivity contribution in [1.82, 2.24) is 0 Å². The summed E-state index contributed by atoms with van der Waals surface area (Å²) in [6.07, 6.45) is -0.991. The van der Waals surface area contributed by atoms with Crippen LogP contribution in [-0.4, -0.2) is 36.0 Å². The largest absolute Gasteiger partial charge is 0.481 e. The van der Waals surface area contributed by atoms with Crippen LogP contribution < -0.4 is 0 Å². The Morgan fingerprint density at radius 1 is 1.62 bits per heavy atom. The van der Waals surface area contributed by atoms with Crippen LogP contribution in [0.15, 0.2) is 0 Å². The average Bonchev–Trinajstić information content (AvgIpc) is 2.02. The number of ether oxygens (including phenoxy) is 2. The zero-order valence-corrected chi connectivity index (χ0v) is 8.58. The molecule has 0 amide bonds. The molecule has 0 aliphatic heterocycles. The predicted molar refractivity (Wildman–Crippen MR) is 48.9 cm³/mol. The molecule has 0 aromatic heterocycles. The molecule has 0 rings (SSSR count). The summed E-state index contributed by atoms with van der Waals surface area (Å²) in [5.41, 5.74) is 0. The summed E-state index contributed by atoms with van der Waals surface area (Å²) in [6, 6.07) is 0. The fourth-order valence-corrected chi connectivity index (χ4v) is 1.06. The van der Waals surface area contributed by atoms with E-state index in [2.05, 4.69) is 0 Å². The molecule has 0 aliphatic rings. The molecule has 13 heavy (non-hydrogen) atoms. The van der Waals surface area contributed by atoms with Crippen molar-refractivity contribution < 1.29 is 19.4 Å². The van der Waals surface area contributed by atoms with Crippen molar-refractivity contribution in [3.8, 4) is 0 Å². The Balaban J connectivity index is 3.75. The van der Waals surface area contributed by atoms with E-state index in [1.165, 1.54) is 0 Å². The van der Waals surface area contributed by atoms with Crippen LogP contribution in [0.5, 0.6) is 0 Å². The van der Waals surface area contributed by atoms with Gasteiger partial charge in [0.1, 0.15) is 0 Å². The smallest absolute Gasteiger partial charge is 0.306 e. The van der Waals surface area contributed by atoms with Gasteiger partial charge in [-0.1, -0.05) is 0 Å². The number of rotatable bonds is 7. The third-order valence-electron chi connectivity index (χ3n) is 1.36. The summed E-state index contributed by atoms with van der Waals surface area (Å²) in [5.74, 6) is -0.765. The monoisotopic (exact) mass is 210 g/mol. The molecule has 0 heterocycles. The summed E-state index contributed by atoms with van der Waals surface area (Å²) in [5, 5.41) is 8.48. The molecule has 1 unspecified atom stereocenters. The van der Waals surface area contributed by atoms with E-state index in [0.717, 1.165) is 0 Å². The van der Waals surface area contributed by atoms with E-state index in [1.54, 1.807) is 6.92 Å². The Morgan fingerprint density at radius 2 is 2.23 bits per heavy atom. The number of carboxylic acids is 1. The topological polar surface area (TPSA) is 55.8 Å². The third kappa shape index (κ3) is 6.81. The van der Waals surface area contributed by atoms with Crippen molar-refractivity contribution in [3.63, 3.8) is 0 Å². The molecule has 0 saturated heterocycles. The van der Waals surface area contributed by atoms with Gasteiger partial charge in [0.15, 0.2) is 6.29 Å². The number of alkyl halides is 1. The molecule has 0 aromatic rings. The van der Waals surface area contributed by atoms with Crippen molar-refractivity contribution >= 4 is 17.6 Å². The summed E-state index contributed by atoms with van der Waals surface area (Å²) >= 11 is 5.51. The predicted octanol–water partition coefficient (Wildman–Crippen LogP) is 1.47. The quantitative estimate of drug-likeness (QED) is 0.511. The fourth-order valence-electron chi connectivity index (χ4n) is 0.879. The normalized spacial score (nSPS) is 15.3. The molecule has 78 valence electrons. The van der Waals surface area contributed by atoms with Crippen LogP contribution in [-0.2, 0) is 14.3 Å². The van der Waals surface area contributed by atoms with E-state index in [0.29, 0.717) is 6.61 Å². The first kappa shape index (κ1) is 12.7. The van der Waals surface area contributed by atoms with Gasteiger partial charge in [0.25, 0.3) is 0 Å². The number of hydrogen-bond acceptors (Lipinski definition) is 3. The van der Waals surface area contributed by atoms with Gasteiger partial charge in [0.2, 0.25) is 0 Å². The standard InChI is InChI=1S/C8H15ClO4/c1-3-12-6(2)13-7(5-9)4-8(10)11/h6-7H,3-5H2,1-2H3,(H,10,11)/t6?,7-/m0/s1. The molecule has 1 N–H and O–H groups in total. The highest BCUT2D eigenvalue weighted by Crippen LogP contribution is 2.06. The molecule has 4 nitrogen and oxygen atoms in total. The number of hydrogen-bond donors (Lipinski definition) is 1. The maximum absolute atomic E-state index is 10.3.